The second-order valence-corrected chi connectivity index (χ2v) is 2.52. The third kappa shape index (κ3) is 4.31. The standard InChI is InChI=1S/C7H14N4.ClH/c8-4-2-1-3-6-11-7-5-9-10-11;/h5,7H,1-4,6,8H2;1H. The van der Waals surface area contributed by atoms with Crippen molar-refractivity contribution in [1.82, 2.24) is 15.0 Å². The summed E-state index contributed by atoms with van der Waals surface area (Å²) in [6, 6.07) is 0. The van der Waals surface area contributed by atoms with E-state index < -0.39 is 0 Å². The van der Waals surface area contributed by atoms with E-state index in [4.69, 9.17) is 5.73 Å². The van der Waals surface area contributed by atoms with Crippen LogP contribution in [-0.2, 0) is 6.54 Å². The first-order chi connectivity index (χ1) is 5.43. The van der Waals surface area contributed by atoms with Gasteiger partial charge in [-0.25, -0.2) is 0 Å². The van der Waals surface area contributed by atoms with Crippen molar-refractivity contribution >= 4 is 12.4 Å². The molecule has 1 aromatic rings. The van der Waals surface area contributed by atoms with Gasteiger partial charge < -0.3 is 5.73 Å². The quantitative estimate of drug-likeness (QED) is 0.700. The molecule has 2 N–H and O–H groups in total. The van der Waals surface area contributed by atoms with E-state index in [1.165, 1.54) is 6.42 Å². The molecule has 0 saturated heterocycles. The van der Waals surface area contributed by atoms with E-state index in [0.717, 1.165) is 25.9 Å². The summed E-state index contributed by atoms with van der Waals surface area (Å²) >= 11 is 0. The third-order valence-corrected chi connectivity index (χ3v) is 1.56. The Morgan fingerprint density at radius 3 is 2.67 bits per heavy atom. The number of rotatable bonds is 5. The number of aromatic nitrogens is 3. The summed E-state index contributed by atoms with van der Waals surface area (Å²) in [6.45, 7) is 1.75. The van der Waals surface area contributed by atoms with Crippen molar-refractivity contribution in [2.24, 2.45) is 5.73 Å². The highest BCUT2D eigenvalue weighted by Gasteiger charge is 1.90. The van der Waals surface area contributed by atoms with Gasteiger partial charge in [0.05, 0.1) is 6.20 Å². The van der Waals surface area contributed by atoms with Gasteiger partial charge in [-0.3, -0.25) is 4.68 Å². The molecule has 0 aromatic carbocycles. The van der Waals surface area contributed by atoms with Gasteiger partial charge in [0.2, 0.25) is 0 Å². The molecule has 0 aliphatic heterocycles. The van der Waals surface area contributed by atoms with Crippen molar-refractivity contribution in [2.75, 3.05) is 6.54 Å². The molecule has 1 aromatic heterocycles. The van der Waals surface area contributed by atoms with Crippen molar-refractivity contribution in [3.8, 4) is 0 Å². The molecule has 0 bridgehead atoms. The Bertz CT molecular complexity index is 176. The van der Waals surface area contributed by atoms with Gasteiger partial charge in [-0.2, -0.15) is 0 Å². The van der Waals surface area contributed by atoms with Crippen LogP contribution in [0.5, 0.6) is 0 Å². The largest absolute Gasteiger partial charge is 0.330 e. The van der Waals surface area contributed by atoms with Gasteiger partial charge in [0, 0.05) is 12.7 Å². The normalized spacial score (nSPS) is 9.42. The Balaban J connectivity index is 0.00000121. The second-order valence-electron chi connectivity index (χ2n) is 2.52. The smallest absolute Gasteiger partial charge is 0.0692 e. The van der Waals surface area contributed by atoms with Gasteiger partial charge in [-0.15, -0.1) is 17.5 Å². The lowest BCUT2D eigenvalue weighted by atomic mass is 10.2. The van der Waals surface area contributed by atoms with Crippen LogP contribution in [0.4, 0.5) is 0 Å². The molecule has 5 heteroatoms. The number of unbranched alkanes of at least 4 members (excludes halogenated alkanes) is 2. The number of hydrogen-bond acceptors (Lipinski definition) is 3. The maximum Gasteiger partial charge on any atom is 0.0692 e. The fourth-order valence-corrected chi connectivity index (χ4v) is 0.947. The maximum absolute atomic E-state index is 5.35. The summed E-state index contributed by atoms with van der Waals surface area (Å²) in [5.41, 5.74) is 5.35. The minimum atomic E-state index is 0. The third-order valence-electron chi connectivity index (χ3n) is 1.56. The predicted octanol–water partition coefficient (Wildman–Crippen LogP) is 0.829. The molecule has 0 unspecified atom stereocenters. The molecule has 0 aliphatic carbocycles. The van der Waals surface area contributed by atoms with Crippen molar-refractivity contribution in [2.45, 2.75) is 25.8 Å². The maximum atomic E-state index is 5.35. The Morgan fingerprint density at radius 1 is 1.25 bits per heavy atom. The van der Waals surface area contributed by atoms with Crippen LogP contribution >= 0.6 is 12.4 Å². The topological polar surface area (TPSA) is 56.7 Å². The van der Waals surface area contributed by atoms with E-state index in [1.54, 1.807) is 6.20 Å². The van der Waals surface area contributed by atoms with Gasteiger partial charge in [0.1, 0.15) is 0 Å². The number of halogens is 1. The zero-order valence-corrected chi connectivity index (χ0v) is 7.83. The van der Waals surface area contributed by atoms with E-state index in [9.17, 15) is 0 Å². The minimum Gasteiger partial charge on any atom is -0.330 e. The fourth-order valence-electron chi connectivity index (χ4n) is 0.947. The number of aryl methyl sites for hydroxylation is 1. The Morgan fingerprint density at radius 2 is 2.08 bits per heavy atom. The van der Waals surface area contributed by atoms with Gasteiger partial charge in [0.25, 0.3) is 0 Å². The first kappa shape index (κ1) is 11.4. The van der Waals surface area contributed by atoms with Gasteiger partial charge >= 0.3 is 0 Å². The molecule has 1 rings (SSSR count). The first-order valence-electron chi connectivity index (χ1n) is 3.97. The molecule has 4 nitrogen and oxygen atoms in total. The van der Waals surface area contributed by atoms with E-state index in [0.29, 0.717) is 0 Å². The molecular weight excluding hydrogens is 176 g/mol. The van der Waals surface area contributed by atoms with Crippen LogP contribution in [0, 0.1) is 0 Å². The monoisotopic (exact) mass is 190 g/mol. The fraction of sp³-hybridized carbons (Fsp3) is 0.714. The molecule has 0 atom stereocenters. The molecule has 0 spiro atoms. The van der Waals surface area contributed by atoms with E-state index in [2.05, 4.69) is 10.3 Å². The van der Waals surface area contributed by atoms with Gasteiger partial charge in [-0.1, -0.05) is 11.6 Å². The van der Waals surface area contributed by atoms with Crippen LogP contribution < -0.4 is 5.73 Å². The van der Waals surface area contributed by atoms with E-state index >= 15 is 0 Å². The zero-order chi connectivity index (χ0) is 7.94. The van der Waals surface area contributed by atoms with Crippen molar-refractivity contribution in [1.29, 1.82) is 0 Å². The van der Waals surface area contributed by atoms with Crippen LogP contribution in [0.1, 0.15) is 19.3 Å². The lowest BCUT2D eigenvalue weighted by Crippen LogP contribution is -2.01. The van der Waals surface area contributed by atoms with Crippen LogP contribution in [0.3, 0.4) is 0 Å². The molecule has 0 fully saturated rings. The Hall–Kier alpha value is -0.610. The van der Waals surface area contributed by atoms with Crippen molar-refractivity contribution in [3.05, 3.63) is 12.4 Å². The molecule has 0 aliphatic rings. The number of nitrogens with zero attached hydrogens (tertiary/aromatic N) is 3. The van der Waals surface area contributed by atoms with Crippen molar-refractivity contribution < 1.29 is 0 Å². The van der Waals surface area contributed by atoms with Gasteiger partial charge in [0.15, 0.2) is 0 Å². The molecule has 1 heterocycles. The summed E-state index contributed by atoms with van der Waals surface area (Å²) in [5, 5.41) is 7.56. The summed E-state index contributed by atoms with van der Waals surface area (Å²) in [6.07, 6.45) is 7.00. The second kappa shape index (κ2) is 7.06. The lowest BCUT2D eigenvalue weighted by Gasteiger charge is -1.98. The van der Waals surface area contributed by atoms with E-state index in [-0.39, 0.29) is 12.4 Å². The highest BCUT2D eigenvalue weighted by atomic mass is 35.5. The SMILES string of the molecule is Cl.NCCCCCn1ccnn1. The van der Waals surface area contributed by atoms with E-state index in [1.807, 2.05) is 10.9 Å². The van der Waals surface area contributed by atoms with Crippen LogP contribution in [0.15, 0.2) is 12.4 Å². The molecule has 12 heavy (non-hydrogen) atoms. The summed E-state index contributed by atoms with van der Waals surface area (Å²) in [7, 11) is 0. The Kier molecular flexibility index (Phi) is 6.70. The average Bonchev–Trinajstić information content (AvgIpc) is 2.50. The first-order valence-corrected chi connectivity index (χ1v) is 3.97. The number of hydrogen-bond donors (Lipinski definition) is 1. The summed E-state index contributed by atoms with van der Waals surface area (Å²) in [4.78, 5) is 0. The Labute approximate surface area is 78.5 Å². The highest BCUT2D eigenvalue weighted by molar-refractivity contribution is 5.85. The minimum absolute atomic E-state index is 0. The summed E-state index contributed by atoms with van der Waals surface area (Å²) < 4.78 is 1.84. The predicted molar refractivity (Wildman–Crippen MR) is 50.2 cm³/mol. The van der Waals surface area contributed by atoms with Crippen LogP contribution in [0.25, 0.3) is 0 Å². The molecule has 0 amide bonds. The highest BCUT2D eigenvalue weighted by Crippen LogP contribution is 1.95. The van der Waals surface area contributed by atoms with Crippen molar-refractivity contribution in [3.63, 3.8) is 0 Å². The zero-order valence-electron chi connectivity index (χ0n) is 7.02. The molecule has 0 radical (unpaired) electrons. The van der Waals surface area contributed by atoms with Crippen LogP contribution in [-0.4, -0.2) is 21.5 Å². The lowest BCUT2D eigenvalue weighted by molar-refractivity contribution is 0.532. The van der Waals surface area contributed by atoms with Crippen LogP contribution in [0.2, 0.25) is 0 Å². The number of nitrogens with two attached hydrogens (primary N) is 1. The molecule has 70 valence electrons. The van der Waals surface area contributed by atoms with Gasteiger partial charge in [-0.05, 0) is 19.4 Å². The molecule has 0 saturated carbocycles. The average molecular weight is 191 g/mol. The molecular formula is C7H15ClN4. The summed E-state index contributed by atoms with van der Waals surface area (Å²) in [5.74, 6) is 0.